The normalized spacial score (nSPS) is 22.1. The Morgan fingerprint density at radius 3 is 2.10 bits per heavy atom. The summed E-state index contributed by atoms with van der Waals surface area (Å²) in [6.45, 7) is 8.27. The summed E-state index contributed by atoms with van der Waals surface area (Å²) in [6, 6.07) is 34.8. The van der Waals surface area contributed by atoms with Gasteiger partial charge in [0.1, 0.15) is 0 Å². The van der Waals surface area contributed by atoms with Crippen molar-refractivity contribution in [1.82, 2.24) is 15.1 Å². The molecule has 1 amide bonds. The second kappa shape index (κ2) is 16.4. The number of aliphatic hydroxyl groups excluding tert-OH is 1. The third-order valence-corrected chi connectivity index (χ3v) is 9.94. The maximum absolute atomic E-state index is 12.0. The molecule has 10 heteroatoms. The van der Waals surface area contributed by atoms with Gasteiger partial charge >= 0.3 is 0 Å². The van der Waals surface area contributed by atoms with Crippen LogP contribution in [0.15, 0.2) is 103 Å². The molecule has 2 fully saturated rings. The number of nitrogens with one attached hydrogen (secondary N) is 1. The molecule has 0 aliphatic carbocycles. The number of aliphatic hydroxyl groups is 1. The standard InChI is InChI=1S/C39H42Cl3N3O4/c1-27-35(25-45-20-18-44(19-21-45)24-28-6-3-2-4-7-28)48-37(49-36(27)32-12-10-29(26-46)11-13-32)33-16-14-31(15-17-33)34-9-5-8-30(22-34)23-43-38(47)39(40,41)42/h2-17,22,27,35-37,46H,18-21,23-26H2,1H3,(H,43,47). The van der Waals surface area contributed by atoms with Gasteiger partial charge < -0.3 is 19.9 Å². The lowest BCUT2D eigenvalue weighted by Gasteiger charge is -2.44. The summed E-state index contributed by atoms with van der Waals surface area (Å²) in [7, 11) is 0. The molecule has 2 aliphatic heterocycles. The predicted octanol–water partition coefficient (Wildman–Crippen LogP) is 7.44. The van der Waals surface area contributed by atoms with Crippen LogP contribution in [-0.4, -0.2) is 63.4 Å². The zero-order valence-corrected chi connectivity index (χ0v) is 29.7. The maximum Gasteiger partial charge on any atom is 0.272 e. The number of carbonyl (C=O) groups excluding carboxylic acids is 1. The number of benzene rings is 4. The Morgan fingerprint density at radius 2 is 1.43 bits per heavy atom. The van der Waals surface area contributed by atoms with E-state index < -0.39 is 16.0 Å². The Hall–Kier alpha value is -2.98. The van der Waals surface area contributed by atoms with Gasteiger partial charge in [-0.2, -0.15) is 0 Å². The largest absolute Gasteiger partial charge is 0.392 e. The Morgan fingerprint density at radius 1 is 0.776 bits per heavy atom. The fraction of sp³-hybridized carbons (Fsp3) is 0.359. The van der Waals surface area contributed by atoms with Crippen molar-refractivity contribution in [3.8, 4) is 11.1 Å². The third kappa shape index (κ3) is 9.43. The number of halogens is 3. The van der Waals surface area contributed by atoms with Crippen LogP contribution in [0.3, 0.4) is 0 Å². The van der Waals surface area contributed by atoms with Crippen LogP contribution >= 0.6 is 34.8 Å². The van der Waals surface area contributed by atoms with Crippen molar-refractivity contribution < 1.29 is 19.4 Å². The zero-order valence-electron chi connectivity index (χ0n) is 27.5. The van der Waals surface area contributed by atoms with Gasteiger partial charge in [0.25, 0.3) is 9.70 Å². The SMILES string of the molecule is CC1C(CN2CCN(Cc3ccccc3)CC2)OC(c2ccc(-c3cccc(CNC(=O)C(Cl)(Cl)Cl)c3)cc2)OC1c1ccc(CO)cc1. The average molecular weight is 723 g/mol. The van der Waals surface area contributed by atoms with Gasteiger partial charge in [-0.3, -0.25) is 14.6 Å². The molecule has 0 radical (unpaired) electrons. The van der Waals surface area contributed by atoms with Gasteiger partial charge in [0.2, 0.25) is 0 Å². The minimum absolute atomic E-state index is 0.00478. The highest BCUT2D eigenvalue weighted by Gasteiger charge is 2.39. The lowest BCUT2D eigenvalue weighted by atomic mass is 9.89. The number of nitrogens with zero attached hydrogens (tertiary/aromatic N) is 2. The van der Waals surface area contributed by atoms with Crippen LogP contribution in [-0.2, 0) is 34.0 Å². The number of carbonyl (C=O) groups is 1. The van der Waals surface area contributed by atoms with Crippen molar-refractivity contribution in [3.63, 3.8) is 0 Å². The Balaban J connectivity index is 1.15. The molecule has 4 aromatic rings. The number of hydrogen-bond acceptors (Lipinski definition) is 6. The number of rotatable bonds is 10. The van der Waals surface area contributed by atoms with Crippen molar-refractivity contribution in [3.05, 3.63) is 131 Å². The Bertz CT molecular complexity index is 1660. The lowest BCUT2D eigenvalue weighted by Crippen LogP contribution is -2.51. The molecule has 4 aromatic carbocycles. The minimum Gasteiger partial charge on any atom is -0.392 e. The van der Waals surface area contributed by atoms with Crippen LogP contribution in [0.4, 0.5) is 0 Å². The quantitative estimate of drug-likeness (QED) is 0.166. The fourth-order valence-electron chi connectivity index (χ4n) is 6.53. The molecule has 0 aromatic heterocycles. The molecular formula is C39H42Cl3N3O4. The monoisotopic (exact) mass is 721 g/mol. The molecule has 49 heavy (non-hydrogen) atoms. The van der Waals surface area contributed by atoms with E-state index in [0.717, 1.165) is 72.6 Å². The first kappa shape index (κ1) is 35.8. The van der Waals surface area contributed by atoms with Crippen molar-refractivity contribution in [2.75, 3.05) is 32.7 Å². The van der Waals surface area contributed by atoms with Gasteiger partial charge in [-0.1, -0.05) is 139 Å². The van der Waals surface area contributed by atoms with Crippen LogP contribution in [0, 0.1) is 5.92 Å². The summed E-state index contributed by atoms with van der Waals surface area (Å²) in [5.41, 5.74) is 7.14. The summed E-state index contributed by atoms with van der Waals surface area (Å²) in [5.74, 6) is -0.553. The Labute approximate surface area is 303 Å². The summed E-state index contributed by atoms with van der Waals surface area (Å²) in [5, 5.41) is 12.3. The topological polar surface area (TPSA) is 74.3 Å². The molecular weight excluding hydrogens is 681 g/mol. The van der Waals surface area contributed by atoms with E-state index in [9.17, 15) is 9.90 Å². The van der Waals surface area contributed by atoms with Gasteiger partial charge in [-0.25, -0.2) is 0 Å². The second-order valence-electron chi connectivity index (χ2n) is 12.9. The van der Waals surface area contributed by atoms with Crippen molar-refractivity contribution in [2.45, 2.75) is 48.9 Å². The molecule has 2 aliphatic rings. The summed E-state index contributed by atoms with van der Waals surface area (Å²) < 4.78 is 11.5. The van der Waals surface area contributed by atoms with Gasteiger partial charge in [0, 0.05) is 57.3 Å². The first-order valence-electron chi connectivity index (χ1n) is 16.7. The lowest BCUT2D eigenvalue weighted by molar-refractivity contribution is -0.276. The zero-order chi connectivity index (χ0) is 34.4. The van der Waals surface area contributed by atoms with E-state index in [2.05, 4.69) is 88.8 Å². The second-order valence-corrected chi connectivity index (χ2v) is 15.2. The number of amides is 1. The van der Waals surface area contributed by atoms with Crippen LogP contribution in [0.25, 0.3) is 11.1 Å². The van der Waals surface area contributed by atoms with E-state index in [1.165, 1.54) is 5.56 Å². The van der Waals surface area contributed by atoms with Gasteiger partial charge in [0.05, 0.1) is 18.8 Å². The first-order valence-corrected chi connectivity index (χ1v) is 17.8. The number of piperazine rings is 1. The van der Waals surface area contributed by atoms with Crippen molar-refractivity contribution >= 4 is 40.7 Å². The van der Waals surface area contributed by atoms with Crippen molar-refractivity contribution in [2.24, 2.45) is 5.92 Å². The van der Waals surface area contributed by atoms with Crippen LogP contribution in [0.5, 0.6) is 0 Å². The van der Waals surface area contributed by atoms with Gasteiger partial charge in [-0.05, 0) is 39.4 Å². The molecule has 258 valence electrons. The van der Waals surface area contributed by atoms with Gasteiger partial charge in [0.15, 0.2) is 6.29 Å². The fourth-order valence-corrected chi connectivity index (χ4v) is 6.73. The smallest absolute Gasteiger partial charge is 0.272 e. The maximum atomic E-state index is 12.0. The number of alkyl halides is 3. The molecule has 0 spiro atoms. The third-order valence-electron chi connectivity index (χ3n) is 9.43. The Kier molecular flexibility index (Phi) is 12.0. The number of hydrogen-bond donors (Lipinski definition) is 2. The number of ether oxygens (including phenoxy) is 2. The highest BCUT2D eigenvalue weighted by Crippen LogP contribution is 2.42. The molecule has 0 saturated carbocycles. The molecule has 2 heterocycles. The van der Waals surface area contributed by atoms with Crippen molar-refractivity contribution in [1.29, 1.82) is 0 Å². The summed E-state index contributed by atoms with van der Waals surface area (Å²) in [6.07, 6.45) is -0.753. The molecule has 7 nitrogen and oxygen atoms in total. The molecule has 4 unspecified atom stereocenters. The summed E-state index contributed by atoms with van der Waals surface area (Å²) >= 11 is 17.1. The van der Waals surface area contributed by atoms with E-state index in [4.69, 9.17) is 44.3 Å². The van der Waals surface area contributed by atoms with E-state index >= 15 is 0 Å². The van der Waals surface area contributed by atoms with E-state index in [1.54, 1.807) is 0 Å². The van der Waals surface area contributed by atoms with Crippen LogP contribution < -0.4 is 5.32 Å². The average Bonchev–Trinajstić information content (AvgIpc) is 3.12. The molecule has 2 saturated heterocycles. The predicted molar refractivity (Wildman–Crippen MR) is 195 cm³/mol. The highest BCUT2D eigenvalue weighted by molar-refractivity contribution is 6.76. The van der Waals surface area contributed by atoms with E-state index in [1.807, 2.05) is 36.4 Å². The first-order chi connectivity index (χ1) is 23.7. The van der Waals surface area contributed by atoms with E-state index in [-0.39, 0.29) is 31.3 Å². The van der Waals surface area contributed by atoms with Crippen LogP contribution in [0.2, 0.25) is 0 Å². The molecule has 6 rings (SSSR count). The molecule has 2 N–H and O–H groups in total. The van der Waals surface area contributed by atoms with E-state index in [0.29, 0.717) is 0 Å². The van der Waals surface area contributed by atoms with Crippen LogP contribution in [0.1, 0.15) is 47.1 Å². The molecule has 4 atom stereocenters. The van der Waals surface area contributed by atoms with Gasteiger partial charge in [-0.15, -0.1) is 0 Å². The minimum atomic E-state index is -2.01. The molecule has 0 bridgehead atoms. The highest BCUT2D eigenvalue weighted by atomic mass is 35.6. The summed E-state index contributed by atoms with van der Waals surface area (Å²) in [4.78, 5) is 17.0.